The monoisotopic (exact) mass is 289 g/mol. The summed E-state index contributed by atoms with van der Waals surface area (Å²) in [4.78, 5) is 12.3. The van der Waals surface area contributed by atoms with E-state index in [2.05, 4.69) is 5.32 Å². The smallest absolute Gasteiger partial charge is 0.287 e. The first kappa shape index (κ1) is 13.9. The number of rotatable bonds is 3. The number of aliphatic hydroxyl groups is 1. The minimum atomic E-state index is -0.471. The lowest BCUT2D eigenvalue weighted by atomic mass is 9.92. The van der Waals surface area contributed by atoms with Gasteiger partial charge in [0.25, 0.3) is 5.91 Å². The van der Waals surface area contributed by atoms with Gasteiger partial charge in [-0.2, -0.15) is 0 Å². The molecular formula is C16H19NO4. The van der Waals surface area contributed by atoms with Crippen LogP contribution in [0.2, 0.25) is 0 Å². The highest BCUT2D eigenvalue weighted by Gasteiger charge is 2.26. The molecule has 0 aliphatic heterocycles. The third-order valence-electron chi connectivity index (χ3n) is 4.00. The number of hydrogen-bond acceptors (Lipinski definition) is 4. The molecule has 1 aromatic heterocycles. The number of carbonyl (C=O) groups excluding carboxylic acids is 1. The van der Waals surface area contributed by atoms with Crippen LogP contribution in [0.25, 0.3) is 11.0 Å². The third-order valence-corrected chi connectivity index (χ3v) is 4.00. The van der Waals surface area contributed by atoms with Gasteiger partial charge in [0.1, 0.15) is 0 Å². The number of hydrogen-bond donors (Lipinski definition) is 2. The molecule has 2 unspecified atom stereocenters. The lowest BCUT2D eigenvalue weighted by molar-refractivity contribution is 0.0699. The van der Waals surface area contributed by atoms with Crippen molar-refractivity contribution in [2.24, 2.45) is 0 Å². The molecule has 5 heteroatoms. The number of fused-ring (bicyclic) bond motifs is 1. The zero-order valence-electron chi connectivity index (χ0n) is 12.0. The second-order valence-corrected chi connectivity index (χ2v) is 5.42. The van der Waals surface area contributed by atoms with E-state index in [9.17, 15) is 9.90 Å². The molecule has 0 bridgehead atoms. The van der Waals surface area contributed by atoms with E-state index < -0.39 is 6.10 Å². The van der Waals surface area contributed by atoms with E-state index in [-0.39, 0.29) is 17.7 Å². The predicted molar refractivity (Wildman–Crippen MR) is 78.5 cm³/mol. The highest BCUT2D eigenvalue weighted by Crippen LogP contribution is 2.28. The molecule has 1 aliphatic rings. The number of aliphatic hydroxyl groups excluding tert-OH is 1. The molecule has 112 valence electrons. The van der Waals surface area contributed by atoms with Crippen LogP contribution < -0.4 is 10.1 Å². The summed E-state index contributed by atoms with van der Waals surface area (Å²) >= 11 is 0. The second-order valence-electron chi connectivity index (χ2n) is 5.42. The first-order chi connectivity index (χ1) is 10.2. The summed E-state index contributed by atoms with van der Waals surface area (Å²) < 4.78 is 10.8. The van der Waals surface area contributed by atoms with Gasteiger partial charge >= 0.3 is 0 Å². The molecule has 5 nitrogen and oxygen atoms in total. The Balaban J connectivity index is 1.81. The van der Waals surface area contributed by atoms with Crippen molar-refractivity contribution in [3.8, 4) is 5.75 Å². The van der Waals surface area contributed by atoms with E-state index >= 15 is 0 Å². The van der Waals surface area contributed by atoms with Crippen LogP contribution in [0, 0.1) is 0 Å². The first-order valence-electron chi connectivity index (χ1n) is 7.24. The number of nitrogens with one attached hydrogen (secondary N) is 1. The van der Waals surface area contributed by atoms with Crippen LogP contribution >= 0.6 is 0 Å². The fourth-order valence-corrected chi connectivity index (χ4v) is 2.83. The standard InChI is InChI=1S/C16H19NO4/c1-20-13-8-4-5-10-9-14(21-15(10)13)16(19)17-11-6-2-3-7-12(11)18/h4-5,8-9,11-12,18H,2-3,6-7H2,1H3,(H,17,19). The minimum Gasteiger partial charge on any atom is -0.493 e. The van der Waals surface area contributed by atoms with Crippen LogP contribution in [0.3, 0.4) is 0 Å². The van der Waals surface area contributed by atoms with E-state index in [4.69, 9.17) is 9.15 Å². The highest BCUT2D eigenvalue weighted by molar-refractivity contribution is 5.97. The molecule has 0 radical (unpaired) electrons. The average molecular weight is 289 g/mol. The molecule has 1 saturated carbocycles. The van der Waals surface area contributed by atoms with Gasteiger partial charge in [0, 0.05) is 5.39 Å². The third kappa shape index (κ3) is 2.74. The van der Waals surface area contributed by atoms with E-state index in [1.807, 2.05) is 12.1 Å². The van der Waals surface area contributed by atoms with Crippen molar-refractivity contribution in [1.82, 2.24) is 5.32 Å². The van der Waals surface area contributed by atoms with Gasteiger partial charge in [-0.1, -0.05) is 25.0 Å². The molecule has 2 N–H and O–H groups in total. The van der Waals surface area contributed by atoms with Crippen molar-refractivity contribution in [3.63, 3.8) is 0 Å². The highest BCUT2D eigenvalue weighted by atomic mass is 16.5. The predicted octanol–water partition coefficient (Wildman–Crippen LogP) is 2.47. The summed E-state index contributed by atoms with van der Waals surface area (Å²) in [6.07, 6.45) is 3.10. The van der Waals surface area contributed by atoms with E-state index in [1.165, 1.54) is 0 Å². The molecular weight excluding hydrogens is 270 g/mol. The Morgan fingerprint density at radius 3 is 2.95 bits per heavy atom. The number of furan rings is 1. The van der Waals surface area contributed by atoms with Crippen molar-refractivity contribution >= 4 is 16.9 Å². The Hall–Kier alpha value is -2.01. The van der Waals surface area contributed by atoms with Crippen molar-refractivity contribution in [1.29, 1.82) is 0 Å². The molecule has 2 aromatic rings. The quantitative estimate of drug-likeness (QED) is 0.910. The Morgan fingerprint density at radius 2 is 2.19 bits per heavy atom. The lowest BCUT2D eigenvalue weighted by Gasteiger charge is -2.27. The van der Waals surface area contributed by atoms with Gasteiger partial charge in [-0.3, -0.25) is 4.79 Å². The largest absolute Gasteiger partial charge is 0.493 e. The summed E-state index contributed by atoms with van der Waals surface area (Å²) in [5.41, 5.74) is 0.564. The topological polar surface area (TPSA) is 71.7 Å². The Kier molecular flexibility index (Phi) is 3.84. The molecule has 1 heterocycles. The first-order valence-corrected chi connectivity index (χ1v) is 7.24. The molecule has 1 amide bonds. The number of amides is 1. The molecule has 1 aliphatic carbocycles. The van der Waals surface area contributed by atoms with Crippen LogP contribution in [-0.4, -0.2) is 30.3 Å². The molecule has 21 heavy (non-hydrogen) atoms. The average Bonchev–Trinajstić information content (AvgIpc) is 2.93. The maximum atomic E-state index is 12.3. The minimum absolute atomic E-state index is 0.193. The van der Waals surface area contributed by atoms with Crippen LogP contribution in [0.5, 0.6) is 5.75 Å². The van der Waals surface area contributed by atoms with E-state index in [0.717, 1.165) is 31.1 Å². The number of carbonyl (C=O) groups is 1. The summed E-state index contributed by atoms with van der Waals surface area (Å²) in [5.74, 6) is 0.552. The van der Waals surface area contributed by atoms with E-state index in [0.29, 0.717) is 11.3 Å². The maximum Gasteiger partial charge on any atom is 0.287 e. The number of ether oxygens (including phenoxy) is 1. The Bertz CT molecular complexity index is 649. The van der Waals surface area contributed by atoms with Gasteiger partial charge in [-0.15, -0.1) is 0 Å². The van der Waals surface area contributed by atoms with E-state index in [1.54, 1.807) is 19.2 Å². The van der Waals surface area contributed by atoms with Crippen molar-refractivity contribution in [2.75, 3.05) is 7.11 Å². The number of para-hydroxylation sites is 1. The van der Waals surface area contributed by atoms with Crippen molar-refractivity contribution < 1.29 is 19.1 Å². The van der Waals surface area contributed by atoms with Gasteiger partial charge < -0.3 is 19.6 Å². The van der Waals surface area contributed by atoms with Gasteiger partial charge in [0.05, 0.1) is 19.3 Å². The van der Waals surface area contributed by atoms with Crippen LogP contribution in [0.15, 0.2) is 28.7 Å². The summed E-state index contributed by atoms with van der Waals surface area (Å²) in [6.45, 7) is 0. The Labute approximate surface area is 122 Å². The summed E-state index contributed by atoms with van der Waals surface area (Å²) in [6, 6.07) is 7.01. The number of benzene rings is 1. The molecule has 0 saturated heterocycles. The number of methoxy groups -OCH3 is 1. The van der Waals surface area contributed by atoms with Gasteiger partial charge in [0.2, 0.25) is 0 Å². The molecule has 2 atom stereocenters. The molecule has 1 fully saturated rings. The second kappa shape index (κ2) is 5.77. The van der Waals surface area contributed by atoms with Gasteiger partial charge in [0.15, 0.2) is 17.1 Å². The van der Waals surface area contributed by atoms with Crippen LogP contribution in [-0.2, 0) is 0 Å². The zero-order chi connectivity index (χ0) is 14.8. The maximum absolute atomic E-state index is 12.3. The molecule has 1 aromatic carbocycles. The normalized spacial score (nSPS) is 22.2. The Morgan fingerprint density at radius 1 is 1.38 bits per heavy atom. The summed E-state index contributed by atoms with van der Waals surface area (Å²) in [7, 11) is 1.56. The zero-order valence-corrected chi connectivity index (χ0v) is 12.0. The lowest BCUT2D eigenvalue weighted by Crippen LogP contribution is -2.44. The summed E-state index contributed by atoms with van der Waals surface area (Å²) in [5, 5.41) is 13.6. The molecule has 3 rings (SSSR count). The molecule has 0 spiro atoms. The van der Waals surface area contributed by atoms with Crippen molar-refractivity contribution in [2.45, 2.75) is 37.8 Å². The SMILES string of the molecule is COc1cccc2cc(C(=O)NC3CCCCC3O)oc12. The van der Waals surface area contributed by atoms with Crippen LogP contribution in [0.1, 0.15) is 36.2 Å². The van der Waals surface area contributed by atoms with Gasteiger partial charge in [-0.25, -0.2) is 0 Å². The van der Waals surface area contributed by atoms with Crippen LogP contribution in [0.4, 0.5) is 0 Å². The van der Waals surface area contributed by atoms with Crippen molar-refractivity contribution in [3.05, 3.63) is 30.0 Å². The fraction of sp³-hybridized carbons (Fsp3) is 0.438. The van der Waals surface area contributed by atoms with Gasteiger partial charge in [-0.05, 0) is 25.0 Å². The fourth-order valence-electron chi connectivity index (χ4n) is 2.83.